The van der Waals surface area contributed by atoms with Gasteiger partial charge in [0, 0.05) is 23.6 Å². The van der Waals surface area contributed by atoms with E-state index in [0.717, 1.165) is 17.4 Å². The number of rotatable bonds is 6. The highest BCUT2D eigenvalue weighted by molar-refractivity contribution is 7.07. The van der Waals surface area contributed by atoms with E-state index in [-0.39, 0.29) is 40.5 Å². The topological polar surface area (TPSA) is 116 Å². The van der Waals surface area contributed by atoms with Gasteiger partial charge in [-0.15, -0.1) is 11.3 Å². The van der Waals surface area contributed by atoms with Crippen molar-refractivity contribution in [1.82, 2.24) is 4.57 Å². The van der Waals surface area contributed by atoms with Crippen molar-refractivity contribution in [3.8, 4) is 0 Å². The van der Waals surface area contributed by atoms with Crippen LogP contribution in [-0.4, -0.2) is 27.9 Å². The molecule has 0 aliphatic heterocycles. The Morgan fingerprint density at radius 1 is 1.23 bits per heavy atom. The third kappa shape index (κ3) is 7.41. The van der Waals surface area contributed by atoms with Gasteiger partial charge in [0.2, 0.25) is 5.91 Å². The first-order chi connectivity index (χ1) is 14.3. The van der Waals surface area contributed by atoms with E-state index in [1.807, 2.05) is 20.8 Å². The number of benzene rings is 1. The zero-order valence-corrected chi connectivity index (χ0v) is 19.0. The summed E-state index contributed by atoms with van der Waals surface area (Å²) in [5.41, 5.74) is 4.31. The molecule has 0 radical (unpaired) electrons. The molecule has 0 aliphatic rings. The van der Waals surface area contributed by atoms with Crippen LogP contribution in [0.2, 0.25) is 0 Å². The van der Waals surface area contributed by atoms with E-state index in [1.165, 1.54) is 30.5 Å². The molecule has 0 unspecified atom stereocenters. The molecule has 1 heterocycles. The van der Waals surface area contributed by atoms with E-state index >= 15 is 0 Å². The van der Waals surface area contributed by atoms with Crippen LogP contribution < -0.4 is 15.9 Å². The van der Waals surface area contributed by atoms with Gasteiger partial charge < -0.3 is 15.8 Å². The summed E-state index contributed by atoms with van der Waals surface area (Å²) in [6.07, 6.45) is 1.83. The Morgan fingerprint density at radius 2 is 1.90 bits per heavy atom. The first-order valence-corrected chi connectivity index (χ1v) is 10.4. The average Bonchev–Trinajstić information content (AvgIpc) is 3.05. The highest BCUT2D eigenvalue weighted by Crippen LogP contribution is 2.21. The Morgan fingerprint density at radius 3 is 2.48 bits per heavy atom. The molecule has 0 aliphatic carbocycles. The molecule has 10 heteroatoms. The SMILES string of the molecule is CC(C)(C)CC(=O)Nc1ccc(C(=O)/N=c2\sccn2COC(=O)C(C)(C)N)cc1F. The Hall–Kier alpha value is -2.85. The number of halogens is 1. The number of carbonyl (C=O) groups is 3. The van der Waals surface area contributed by atoms with Crippen molar-refractivity contribution in [1.29, 1.82) is 0 Å². The van der Waals surface area contributed by atoms with E-state index in [0.29, 0.717) is 0 Å². The molecule has 0 atom stereocenters. The van der Waals surface area contributed by atoms with Gasteiger partial charge in [0.05, 0.1) is 5.69 Å². The Labute approximate surface area is 183 Å². The van der Waals surface area contributed by atoms with E-state index in [4.69, 9.17) is 10.5 Å². The molecule has 2 aromatic rings. The van der Waals surface area contributed by atoms with Crippen LogP contribution in [0.1, 0.15) is 51.4 Å². The lowest BCUT2D eigenvalue weighted by Crippen LogP contribution is -2.43. The quantitative estimate of drug-likeness (QED) is 0.656. The maximum atomic E-state index is 14.4. The molecule has 8 nitrogen and oxygen atoms in total. The number of nitrogens with one attached hydrogen (secondary N) is 1. The van der Waals surface area contributed by atoms with Crippen LogP contribution in [0.4, 0.5) is 10.1 Å². The number of nitrogens with two attached hydrogens (primary N) is 1. The molecular formula is C21H27FN4O4S. The number of esters is 1. The zero-order valence-electron chi connectivity index (χ0n) is 18.2. The number of hydrogen-bond donors (Lipinski definition) is 2. The average molecular weight is 451 g/mol. The van der Waals surface area contributed by atoms with E-state index < -0.39 is 23.2 Å². The number of carbonyl (C=O) groups excluding carboxylic acids is 3. The van der Waals surface area contributed by atoms with Crippen molar-refractivity contribution in [2.24, 2.45) is 16.1 Å². The van der Waals surface area contributed by atoms with Crippen molar-refractivity contribution in [2.75, 3.05) is 5.32 Å². The summed E-state index contributed by atoms with van der Waals surface area (Å²) in [7, 11) is 0. The molecule has 1 aromatic heterocycles. The first-order valence-electron chi connectivity index (χ1n) is 9.55. The smallest absolute Gasteiger partial charge is 0.327 e. The van der Waals surface area contributed by atoms with Crippen molar-refractivity contribution >= 4 is 34.8 Å². The molecule has 31 heavy (non-hydrogen) atoms. The summed E-state index contributed by atoms with van der Waals surface area (Å²) in [5.74, 6) is -2.32. The highest BCUT2D eigenvalue weighted by Gasteiger charge is 2.23. The van der Waals surface area contributed by atoms with Gasteiger partial charge in [-0.1, -0.05) is 20.8 Å². The van der Waals surface area contributed by atoms with Gasteiger partial charge in [-0.3, -0.25) is 19.0 Å². The maximum Gasteiger partial charge on any atom is 0.327 e. The van der Waals surface area contributed by atoms with Crippen LogP contribution in [0.3, 0.4) is 0 Å². The Balaban J connectivity index is 2.14. The third-order valence-electron chi connectivity index (χ3n) is 3.90. The second-order valence-electron chi connectivity index (χ2n) is 8.84. The van der Waals surface area contributed by atoms with Crippen LogP contribution in [0.5, 0.6) is 0 Å². The normalized spacial score (nSPS) is 12.5. The van der Waals surface area contributed by atoms with Gasteiger partial charge in [-0.05, 0) is 37.5 Å². The monoisotopic (exact) mass is 450 g/mol. The molecule has 1 aromatic carbocycles. The van der Waals surface area contributed by atoms with Crippen LogP contribution in [-0.2, 0) is 21.1 Å². The molecule has 0 saturated heterocycles. The standard InChI is InChI=1S/C21H27FN4O4S/c1-20(2,3)11-16(27)24-15-7-6-13(10-14(15)22)17(28)25-19-26(8-9-31-19)12-30-18(29)21(4,5)23/h6-10H,11-12,23H2,1-5H3,(H,24,27)/b25-19-. The molecule has 0 fully saturated rings. The number of aromatic nitrogens is 1. The Kier molecular flexibility index (Phi) is 7.50. The van der Waals surface area contributed by atoms with Crippen molar-refractivity contribution in [3.63, 3.8) is 0 Å². The van der Waals surface area contributed by atoms with Gasteiger partial charge in [-0.25, -0.2) is 4.39 Å². The van der Waals surface area contributed by atoms with Gasteiger partial charge in [0.25, 0.3) is 5.91 Å². The van der Waals surface area contributed by atoms with Gasteiger partial charge in [0.15, 0.2) is 11.5 Å². The molecule has 0 saturated carbocycles. The largest absolute Gasteiger partial charge is 0.442 e. The summed E-state index contributed by atoms with van der Waals surface area (Å²) in [6.45, 7) is 8.59. The minimum atomic E-state index is -1.15. The fourth-order valence-corrected chi connectivity index (χ4v) is 3.09. The third-order valence-corrected chi connectivity index (χ3v) is 4.69. The van der Waals surface area contributed by atoms with Gasteiger partial charge in [-0.2, -0.15) is 4.99 Å². The number of nitrogens with zero attached hydrogens (tertiary/aromatic N) is 2. The highest BCUT2D eigenvalue weighted by atomic mass is 32.1. The number of amides is 2. The van der Waals surface area contributed by atoms with Gasteiger partial charge >= 0.3 is 5.97 Å². The van der Waals surface area contributed by atoms with Crippen LogP contribution in [0.15, 0.2) is 34.8 Å². The number of hydrogen-bond acceptors (Lipinski definition) is 6. The van der Waals surface area contributed by atoms with E-state index in [1.54, 1.807) is 11.6 Å². The van der Waals surface area contributed by atoms with Crippen LogP contribution >= 0.6 is 11.3 Å². The lowest BCUT2D eigenvalue weighted by molar-refractivity contribution is -0.152. The summed E-state index contributed by atoms with van der Waals surface area (Å²) >= 11 is 1.15. The van der Waals surface area contributed by atoms with E-state index in [2.05, 4.69) is 10.3 Å². The second kappa shape index (κ2) is 9.52. The van der Waals surface area contributed by atoms with Crippen LogP contribution in [0.25, 0.3) is 0 Å². The molecule has 3 N–H and O–H groups in total. The lowest BCUT2D eigenvalue weighted by Gasteiger charge is -2.17. The van der Waals surface area contributed by atoms with Crippen molar-refractivity contribution < 1.29 is 23.5 Å². The summed E-state index contributed by atoms with van der Waals surface area (Å²) in [6, 6.07) is 3.73. The zero-order chi connectivity index (χ0) is 23.4. The Bertz CT molecular complexity index is 1040. The number of anilines is 1. The van der Waals surface area contributed by atoms with Gasteiger partial charge in [0.1, 0.15) is 11.4 Å². The molecule has 2 amide bonds. The predicted molar refractivity (Wildman–Crippen MR) is 116 cm³/mol. The van der Waals surface area contributed by atoms with E-state index in [9.17, 15) is 18.8 Å². The van der Waals surface area contributed by atoms with Crippen LogP contribution in [0, 0.1) is 11.2 Å². The molecule has 0 spiro atoms. The summed E-state index contributed by atoms with van der Waals surface area (Å²) < 4.78 is 21.0. The molecule has 2 rings (SSSR count). The fraction of sp³-hybridized carbons (Fsp3) is 0.429. The predicted octanol–water partition coefficient (Wildman–Crippen LogP) is 3.04. The minimum absolute atomic E-state index is 0.00620. The number of thiazole rings is 1. The van der Waals surface area contributed by atoms with Crippen molar-refractivity contribution in [3.05, 3.63) is 46.0 Å². The molecule has 168 valence electrons. The summed E-state index contributed by atoms with van der Waals surface area (Å²) in [5, 5.41) is 4.18. The summed E-state index contributed by atoms with van der Waals surface area (Å²) in [4.78, 5) is 40.6. The molecular weight excluding hydrogens is 423 g/mol. The lowest BCUT2D eigenvalue weighted by atomic mass is 9.92. The number of ether oxygens (including phenoxy) is 1. The minimum Gasteiger partial charge on any atom is -0.442 e. The van der Waals surface area contributed by atoms with Crippen molar-refractivity contribution in [2.45, 2.75) is 53.3 Å². The fourth-order valence-electron chi connectivity index (χ4n) is 2.38. The first kappa shape index (κ1) is 24.4. The molecule has 0 bridgehead atoms. The maximum absolute atomic E-state index is 14.4. The second-order valence-corrected chi connectivity index (χ2v) is 9.71.